The number of allylic oxidation sites excluding steroid dienone is 1. The van der Waals surface area contributed by atoms with Crippen molar-refractivity contribution in [2.45, 2.75) is 6.92 Å². The highest BCUT2D eigenvalue weighted by atomic mass is 16.5. The van der Waals surface area contributed by atoms with Crippen LogP contribution in [0.1, 0.15) is 22.8 Å². The molecule has 0 saturated carbocycles. The molecule has 0 heterocycles. The number of esters is 1. The second kappa shape index (κ2) is 5.84. The van der Waals surface area contributed by atoms with Gasteiger partial charge in [-0.15, -0.1) is 0 Å². The lowest BCUT2D eigenvalue weighted by Crippen LogP contribution is -2.01. The monoisotopic (exact) mass is 234 g/mol. The second-order valence-electron chi connectivity index (χ2n) is 3.39. The summed E-state index contributed by atoms with van der Waals surface area (Å²) in [4.78, 5) is 22.2. The first-order valence-corrected chi connectivity index (χ1v) is 5.03. The van der Waals surface area contributed by atoms with Crippen molar-refractivity contribution in [3.63, 3.8) is 0 Å². The Morgan fingerprint density at radius 1 is 1.24 bits per heavy atom. The van der Waals surface area contributed by atoms with Crippen molar-refractivity contribution in [1.29, 1.82) is 0 Å². The molecule has 0 radical (unpaired) electrons. The fraction of sp³-hybridized carbons (Fsp3) is 0.231. The lowest BCUT2D eigenvalue weighted by Gasteiger charge is -2.06. The van der Waals surface area contributed by atoms with Crippen LogP contribution in [0.25, 0.3) is 6.08 Å². The Labute approximate surface area is 99.8 Å². The third-order valence-corrected chi connectivity index (χ3v) is 2.15. The van der Waals surface area contributed by atoms with Crippen molar-refractivity contribution >= 4 is 17.8 Å². The van der Waals surface area contributed by atoms with Crippen LogP contribution in [-0.2, 0) is 9.53 Å². The van der Waals surface area contributed by atoms with Gasteiger partial charge in [-0.2, -0.15) is 0 Å². The molecule has 0 aliphatic rings. The third-order valence-electron chi connectivity index (χ3n) is 2.15. The lowest BCUT2D eigenvalue weighted by molar-refractivity contribution is -0.112. The molecule has 0 aliphatic heterocycles. The number of carbonyl (C=O) groups is 2. The molecule has 0 fully saturated rings. The maximum Gasteiger partial charge on any atom is 0.337 e. The number of carbonyl (C=O) groups excluding carboxylic acids is 2. The van der Waals surface area contributed by atoms with E-state index >= 15 is 0 Å². The maximum absolute atomic E-state index is 11.3. The molecule has 90 valence electrons. The zero-order chi connectivity index (χ0) is 12.8. The number of hydrogen-bond acceptors (Lipinski definition) is 4. The zero-order valence-electron chi connectivity index (χ0n) is 10.0. The molecule has 1 rings (SSSR count). The predicted octanol–water partition coefficient (Wildman–Crippen LogP) is 2.08. The van der Waals surface area contributed by atoms with Crippen molar-refractivity contribution in [2.75, 3.05) is 14.2 Å². The van der Waals surface area contributed by atoms with E-state index in [9.17, 15) is 9.59 Å². The van der Waals surface area contributed by atoms with Gasteiger partial charge in [0.05, 0.1) is 19.8 Å². The molecule has 0 amide bonds. The normalized spacial score (nSPS) is 10.3. The average Bonchev–Trinajstić information content (AvgIpc) is 2.34. The van der Waals surface area contributed by atoms with Crippen LogP contribution in [0, 0.1) is 0 Å². The Morgan fingerprint density at radius 2 is 1.94 bits per heavy atom. The van der Waals surface area contributed by atoms with Gasteiger partial charge < -0.3 is 9.47 Å². The Morgan fingerprint density at radius 3 is 2.47 bits per heavy atom. The molecule has 4 nitrogen and oxygen atoms in total. The van der Waals surface area contributed by atoms with Gasteiger partial charge in [0.1, 0.15) is 5.75 Å². The summed E-state index contributed by atoms with van der Waals surface area (Å²) < 4.78 is 9.75. The first-order chi connectivity index (χ1) is 8.08. The van der Waals surface area contributed by atoms with E-state index < -0.39 is 5.97 Å². The molecule has 0 bridgehead atoms. The lowest BCUT2D eigenvalue weighted by atomic mass is 10.1. The van der Waals surface area contributed by atoms with Crippen molar-refractivity contribution < 1.29 is 19.1 Å². The first kappa shape index (κ1) is 13.0. The second-order valence-corrected chi connectivity index (χ2v) is 3.39. The van der Waals surface area contributed by atoms with Crippen LogP contribution in [0.5, 0.6) is 5.75 Å². The topological polar surface area (TPSA) is 52.6 Å². The standard InChI is InChI=1S/C13H14O4/c1-9(14)4-5-10-8-11(13(15)17-3)6-7-12(10)16-2/h4-8H,1-3H3/b5-4+. The van der Waals surface area contributed by atoms with Gasteiger partial charge in [-0.1, -0.05) is 0 Å². The molecular formula is C13H14O4. The summed E-state index contributed by atoms with van der Waals surface area (Å²) in [7, 11) is 2.84. The Balaban J connectivity index is 3.15. The zero-order valence-corrected chi connectivity index (χ0v) is 10.0. The number of benzene rings is 1. The Hall–Kier alpha value is -2.10. The molecule has 1 aromatic rings. The van der Waals surface area contributed by atoms with Crippen molar-refractivity contribution in [3.05, 3.63) is 35.4 Å². The Bertz CT molecular complexity index is 460. The van der Waals surface area contributed by atoms with Gasteiger partial charge in [0.2, 0.25) is 0 Å². The average molecular weight is 234 g/mol. The van der Waals surface area contributed by atoms with Crippen LogP contribution >= 0.6 is 0 Å². The Kier molecular flexibility index (Phi) is 4.46. The molecule has 0 spiro atoms. The van der Waals surface area contributed by atoms with Crippen molar-refractivity contribution in [1.82, 2.24) is 0 Å². The number of ketones is 1. The molecule has 0 saturated heterocycles. The third kappa shape index (κ3) is 3.45. The van der Waals surface area contributed by atoms with E-state index in [-0.39, 0.29) is 5.78 Å². The number of rotatable bonds is 4. The van der Waals surface area contributed by atoms with Gasteiger partial charge in [0.25, 0.3) is 0 Å². The van der Waals surface area contributed by atoms with Crippen LogP contribution in [0.3, 0.4) is 0 Å². The smallest absolute Gasteiger partial charge is 0.337 e. The van der Waals surface area contributed by atoms with Gasteiger partial charge in [-0.05, 0) is 37.3 Å². The van der Waals surface area contributed by atoms with E-state index in [1.807, 2.05) is 0 Å². The fourth-order valence-corrected chi connectivity index (χ4v) is 1.32. The number of hydrogen-bond donors (Lipinski definition) is 0. The fourth-order valence-electron chi connectivity index (χ4n) is 1.32. The molecule has 0 N–H and O–H groups in total. The largest absolute Gasteiger partial charge is 0.496 e. The summed E-state index contributed by atoms with van der Waals surface area (Å²) >= 11 is 0. The van der Waals surface area contributed by atoms with E-state index in [0.717, 1.165) is 0 Å². The maximum atomic E-state index is 11.3. The van der Waals surface area contributed by atoms with Crippen molar-refractivity contribution in [3.8, 4) is 5.75 Å². The SMILES string of the molecule is COC(=O)c1ccc(OC)c(/C=C/C(C)=O)c1. The van der Waals surface area contributed by atoms with Gasteiger partial charge in [0.15, 0.2) is 5.78 Å². The summed E-state index contributed by atoms with van der Waals surface area (Å²) in [6.45, 7) is 1.45. The van der Waals surface area contributed by atoms with Crippen LogP contribution < -0.4 is 4.74 Å². The quantitative estimate of drug-likeness (QED) is 0.591. The summed E-state index contributed by atoms with van der Waals surface area (Å²) in [5.41, 5.74) is 1.07. The van der Waals surface area contributed by atoms with E-state index in [2.05, 4.69) is 4.74 Å². The highest BCUT2D eigenvalue weighted by Gasteiger charge is 2.08. The van der Waals surface area contributed by atoms with Crippen LogP contribution in [0.15, 0.2) is 24.3 Å². The minimum atomic E-state index is -0.426. The minimum Gasteiger partial charge on any atom is -0.496 e. The predicted molar refractivity (Wildman–Crippen MR) is 64.0 cm³/mol. The number of ether oxygens (including phenoxy) is 2. The minimum absolute atomic E-state index is 0.0736. The summed E-state index contributed by atoms with van der Waals surface area (Å²) in [6, 6.07) is 4.88. The van der Waals surface area contributed by atoms with E-state index in [4.69, 9.17) is 4.74 Å². The molecule has 0 aromatic heterocycles. The molecule has 0 unspecified atom stereocenters. The summed E-state index contributed by atoms with van der Waals surface area (Å²) in [5.74, 6) is 0.0933. The highest BCUT2D eigenvalue weighted by molar-refractivity contribution is 5.93. The highest BCUT2D eigenvalue weighted by Crippen LogP contribution is 2.21. The van der Waals surface area contributed by atoms with Crippen molar-refractivity contribution in [2.24, 2.45) is 0 Å². The summed E-state index contributed by atoms with van der Waals surface area (Å²) in [5, 5.41) is 0. The molecule has 0 atom stereocenters. The molecule has 4 heteroatoms. The summed E-state index contributed by atoms with van der Waals surface area (Å²) in [6.07, 6.45) is 3.02. The van der Waals surface area contributed by atoms with E-state index in [0.29, 0.717) is 16.9 Å². The first-order valence-electron chi connectivity index (χ1n) is 5.03. The van der Waals surface area contributed by atoms with Gasteiger partial charge in [0, 0.05) is 5.56 Å². The molecule has 1 aromatic carbocycles. The van der Waals surface area contributed by atoms with E-state index in [1.54, 1.807) is 24.3 Å². The van der Waals surface area contributed by atoms with Crippen LogP contribution in [0.2, 0.25) is 0 Å². The number of methoxy groups -OCH3 is 2. The molecular weight excluding hydrogens is 220 g/mol. The van der Waals surface area contributed by atoms with Gasteiger partial charge >= 0.3 is 5.97 Å². The van der Waals surface area contributed by atoms with Crippen LogP contribution in [0.4, 0.5) is 0 Å². The van der Waals surface area contributed by atoms with Gasteiger partial charge in [-0.3, -0.25) is 4.79 Å². The molecule has 0 aliphatic carbocycles. The van der Waals surface area contributed by atoms with E-state index in [1.165, 1.54) is 27.2 Å². The molecule has 17 heavy (non-hydrogen) atoms. The van der Waals surface area contributed by atoms with Crippen LogP contribution in [-0.4, -0.2) is 26.0 Å². The van der Waals surface area contributed by atoms with Gasteiger partial charge in [-0.25, -0.2) is 4.79 Å².